The molecule has 3 aromatic carbocycles. The monoisotopic (exact) mass is 496 g/mol. The predicted molar refractivity (Wildman–Crippen MR) is 134 cm³/mol. The molecule has 1 amide bonds. The van der Waals surface area contributed by atoms with E-state index in [1.807, 2.05) is 33.6 Å². The van der Waals surface area contributed by atoms with Gasteiger partial charge in [0.2, 0.25) is 12.7 Å². The zero-order chi connectivity index (χ0) is 24.9. The first-order chi connectivity index (χ1) is 18.2. The molecule has 0 spiro atoms. The van der Waals surface area contributed by atoms with Crippen LogP contribution in [0.15, 0.2) is 66.7 Å². The lowest BCUT2D eigenvalue weighted by Crippen LogP contribution is -2.49. The van der Waals surface area contributed by atoms with Gasteiger partial charge in [-0.25, -0.2) is 13.8 Å². The molecule has 37 heavy (non-hydrogen) atoms. The third kappa shape index (κ3) is 3.52. The van der Waals surface area contributed by atoms with Gasteiger partial charge in [-0.3, -0.25) is 4.79 Å². The number of rotatable bonds is 3. The van der Waals surface area contributed by atoms with E-state index in [9.17, 15) is 9.18 Å². The van der Waals surface area contributed by atoms with E-state index >= 15 is 0 Å². The molecule has 9 nitrogen and oxygen atoms in total. The Kier molecular flexibility index (Phi) is 4.91. The summed E-state index contributed by atoms with van der Waals surface area (Å²) in [6.07, 6.45) is 0. The number of nitrogens with zero attached hydrogens (tertiary/aromatic N) is 6. The van der Waals surface area contributed by atoms with Crippen LogP contribution in [0.4, 0.5) is 10.3 Å². The van der Waals surface area contributed by atoms with E-state index in [1.165, 1.54) is 6.07 Å². The molecule has 0 bridgehead atoms. The second-order valence-electron chi connectivity index (χ2n) is 8.94. The SMILES string of the molecule is O=C(c1ccc2c(c1)OCO2)N1CCN(c2nc3ccccc3c3nnc(-c4ccccc4F)n23)CC1. The van der Waals surface area contributed by atoms with Crippen molar-refractivity contribution in [2.45, 2.75) is 0 Å². The lowest BCUT2D eigenvalue weighted by molar-refractivity contribution is 0.0745. The highest BCUT2D eigenvalue weighted by Crippen LogP contribution is 2.33. The highest BCUT2D eigenvalue weighted by Gasteiger charge is 2.28. The Bertz CT molecular complexity index is 1680. The van der Waals surface area contributed by atoms with Gasteiger partial charge in [0, 0.05) is 37.1 Å². The van der Waals surface area contributed by atoms with Gasteiger partial charge in [-0.05, 0) is 42.5 Å². The Hall–Kier alpha value is -4.73. The van der Waals surface area contributed by atoms with Crippen LogP contribution in [-0.2, 0) is 0 Å². The number of halogens is 1. The van der Waals surface area contributed by atoms with Crippen molar-refractivity contribution in [1.29, 1.82) is 0 Å². The van der Waals surface area contributed by atoms with Crippen molar-refractivity contribution in [2.24, 2.45) is 0 Å². The highest BCUT2D eigenvalue weighted by atomic mass is 19.1. The van der Waals surface area contributed by atoms with E-state index in [-0.39, 0.29) is 18.5 Å². The molecule has 0 aliphatic carbocycles. The van der Waals surface area contributed by atoms with Crippen molar-refractivity contribution in [2.75, 3.05) is 37.9 Å². The number of aromatic nitrogens is 4. The first-order valence-electron chi connectivity index (χ1n) is 12.0. The molecule has 0 unspecified atom stereocenters. The van der Waals surface area contributed by atoms with Crippen molar-refractivity contribution in [1.82, 2.24) is 24.5 Å². The third-order valence-electron chi connectivity index (χ3n) is 6.81. The number of benzene rings is 3. The lowest BCUT2D eigenvalue weighted by atomic mass is 10.1. The number of hydrogen-bond acceptors (Lipinski definition) is 7. The van der Waals surface area contributed by atoms with Gasteiger partial charge >= 0.3 is 0 Å². The van der Waals surface area contributed by atoms with Crippen LogP contribution < -0.4 is 14.4 Å². The molecule has 10 heteroatoms. The fraction of sp³-hybridized carbons (Fsp3) is 0.185. The molecule has 2 aromatic heterocycles. The second-order valence-corrected chi connectivity index (χ2v) is 8.94. The minimum atomic E-state index is -0.380. The van der Waals surface area contributed by atoms with Crippen molar-refractivity contribution in [3.05, 3.63) is 78.1 Å². The van der Waals surface area contributed by atoms with Gasteiger partial charge in [-0.2, -0.15) is 0 Å². The molecule has 2 aliphatic rings. The largest absolute Gasteiger partial charge is 0.454 e. The molecule has 2 aliphatic heterocycles. The van der Waals surface area contributed by atoms with Crippen molar-refractivity contribution in [3.63, 3.8) is 0 Å². The van der Waals surface area contributed by atoms with Crippen molar-refractivity contribution in [3.8, 4) is 22.9 Å². The molecule has 0 radical (unpaired) electrons. The summed E-state index contributed by atoms with van der Waals surface area (Å²) in [7, 11) is 0. The van der Waals surface area contributed by atoms with Crippen LogP contribution in [0.3, 0.4) is 0 Å². The molecule has 4 heterocycles. The average molecular weight is 497 g/mol. The first-order valence-corrected chi connectivity index (χ1v) is 12.0. The predicted octanol–water partition coefficient (Wildman–Crippen LogP) is 3.77. The summed E-state index contributed by atoms with van der Waals surface area (Å²) >= 11 is 0. The fourth-order valence-electron chi connectivity index (χ4n) is 4.92. The number of ether oxygens (including phenoxy) is 2. The number of carbonyl (C=O) groups is 1. The Morgan fingerprint density at radius 2 is 1.65 bits per heavy atom. The third-order valence-corrected chi connectivity index (χ3v) is 6.81. The van der Waals surface area contributed by atoms with E-state index in [0.717, 1.165) is 10.9 Å². The minimum absolute atomic E-state index is 0.0640. The van der Waals surface area contributed by atoms with Crippen molar-refractivity contribution >= 4 is 28.4 Å². The van der Waals surface area contributed by atoms with Crippen molar-refractivity contribution < 1.29 is 18.7 Å². The van der Waals surface area contributed by atoms with Crippen LogP contribution in [0.5, 0.6) is 11.5 Å². The van der Waals surface area contributed by atoms with E-state index in [0.29, 0.717) is 66.2 Å². The number of anilines is 1. The van der Waals surface area contributed by atoms with Gasteiger partial charge in [0.15, 0.2) is 23.0 Å². The molecule has 0 N–H and O–H groups in total. The molecule has 5 aromatic rings. The number of amides is 1. The van der Waals surface area contributed by atoms with E-state index < -0.39 is 0 Å². The van der Waals surface area contributed by atoms with E-state index in [4.69, 9.17) is 14.5 Å². The highest BCUT2D eigenvalue weighted by molar-refractivity contribution is 5.95. The van der Waals surface area contributed by atoms with Crippen LogP contribution in [0, 0.1) is 5.82 Å². The minimum Gasteiger partial charge on any atom is -0.454 e. The maximum Gasteiger partial charge on any atom is 0.254 e. The Morgan fingerprint density at radius 3 is 2.51 bits per heavy atom. The standard InChI is InChI=1S/C27H21FN6O3/c28-20-7-3-1-5-18(20)24-30-31-25-19-6-2-4-8-21(19)29-27(34(24)25)33-13-11-32(12-14-33)26(35)17-9-10-22-23(15-17)37-16-36-22/h1-10,15H,11-14,16H2. The number of fused-ring (bicyclic) bond motifs is 4. The average Bonchev–Trinajstić information content (AvgIpc) is 3.60. The van der Waals surface area contributed by atoms with Crippen LogP contribution in [-0.4, -0.2) is 63.4 Å². The summed E-state index contributed by atoms with van der Waals surface area (Å²) in [6.45, 7) is 2.26. The molecule has 0 saturated carbocycles. The lowest BCUT2D eigenvalue weighted by Gasteiger charge is -2.35. The Labute approximate surface area is 210 Å². The second kappa shape index (κ2) is 8.44. The topological polar surface area (TPSA) is 85.1 Å². The van der Waals surface area contributed by atoms with Crippen LogP contribution >= 0.6 is 0 Å². The summed E-state index contributed by atoms with van der Waals surface area (Å²) in [6, 6.07) is 19.5. The normalized spacial score (nSPS) is 15.1. The molecule has 184 valence electrons. The maximum absolute atomic E-state index is 14.8. The van der Waals surface area contributed by atoms with Gasteiger partial charge in [0.25, 0.3) is 5.91 Å². The van der Waals surface area contributed by atoms with Gasteiger partial charge in [-0.15, -0.1) is 10.2 Å². The van der Waals surface area contributed by atoms with Gasteiger partial charge in [0.1, 0.15) is 5.82 Å². The first kappa shape index (κ1) is 21.5. The summed E-state index contributed by atoms with van der Waals surface area (Å²) in [5.74, 6) is 1.79. The molecule has 0 atom stereocenters. The maximum atomic E-state index is 14.8. The molecule has 1 fully saturated rings. The summed E-state index contributed by atoms with van der Waals surface area (Å²) in [4.78, 5) is 22.0. The smallest absolute Gasteiger partial charge is 0.254 e. The quantitative estimate of drug-likeness (QED) is 0.376. The van der Waals surface area contributed by atoms with E-state index in [1.54, 1.807) is 36.4 Å². The summed E-state index contributed by atoms with van der Waals surface area (Å²) in [5.41, 5.74) is 2.29. The van der Waals surface area contributed by atoms with Crippen LogP contribution in [0.25, 0.3) is 27.9 Å². The van der Waals surface area contributed by atoms with E-state index in [2.05, 4.69) is 15.1 Å². The van der Waals surface area contributed by atoms with Gasteiger partial charge < -0.3 is 19.3 Å². The number of para-hydroxylation sites is 1. The summed E-state index contributed by atoms with van der Waals surface area (Å²) in [5, 5.41) is 9.62. The number of carbonyl (C=O) groups excluding carboxylic acids is 1. The Morgan fingerprint density at radius 1 is 0.865 bits per heavy atom. The van der Waals surface area contributed by atoms with Gasteiger partial charge in [0.05, 0.1) is 11.1 Å². The molecular weight excluding hydrogens is 475 g/mol. The zero-order valence-electron chi connectivity index (χ0n) is 19.7. The van der Waals surface area contributed by atoms with Gasteiger partial charge in [-0.1, -0.05) is 24.3 Å². The van der Waals surface area contributed by atoms with Crippen LogP contribution in [0.1, 0.15) is 10.4 Å². The van der Waals surface area contributed by atoms with Crippen LogP contribution in [0.2, 0.25) is 0 Å². The number of hydrogen-bond donors (Lipinski definition) is 0. The Balaban J connectivity index is 1.24. The number of piperazine rings is 1. The molecule has 1 saturated heterocycles. The summed E-state index contributed by atoms with van der Waals surface area (Å²) < 4.78 is 27.4. The molecular formula is C27H21FN6O3. The molecule has 7 rings (SSSR count). The fourth-order valence-corrected chi connectivity index (χ4v) is 4.92. The zero-order valence-corrected chi connectivity index (χ0v) is 19.7.